The molecule has 0 saturated carbocycles. The topological polar surface area (TPSA) is 86.7 Å². The number of aromatic carboxylic acids is 1. The fourth-order valence-electron chi connectivity index (χ4n) is 3.36. The number of hydrogen-bond acceptors (Lipinski definition) is 4. The Bertz CT molecular complexity index is 1180. The summed E-state index contributed by atoms with van der Waals surface area (Å²) in [5.74, 6) is -1.13. The Kier molecular flexibility index (Phi) is 6.12. The molecule has 3 aromatic carbocycles. The average Bonchev–Trinajstić information content (AvgIpc) is 2.68. The molecule has 30 heavy (non-hydrogen) atoms. The SMILES string of the molecule is Cc1ccc(S(=O)(=O)Nc2ccc(N(C)Cc3ccccc3)c(C(=O)O)c2)c(C)c1. The van der Waals surface area contributed by atoms with Gasteiger partial charge in [-0.1, -0.05) is 48.0 Å². The van der Waals surface area contributed by atoms with E-state index in [-0.39, 0.29) is 16.1 Å². The molecule has 6 nitrogen and oxygen atoms in total. The van der Waals surface area contributed by atoms with E-state index in [9.17, 15) is 18.3 Å². The minimum absolute atomic E-state index is 0.0225. The zero-order chi connectivity index (χ0) is 21.9. The van der Waals surface area contributed by atoms with Gasteiger partial charge in [0.05, 0.1) is 16.1 Å². The molecule has 0 radical (unpaired) electrons. The molecule has 0 amide bonds. The van der Waals surface area contributed by atoms with Crippen molar-refractivity contribution in [3.05, 3.63) is 89.0 Å². The summed E-state index contributed by atoms with van der Waals surface area (Å²) in [6.07, 6.45) is 0. The predicted molar refractivity (Wildman–Crippen MR) is 119 cm³/mol. The summed E-state index contributed by atoms with van der Waals surface area (Å²) in [5.41, 5.74) is 3.35. The first-order chi connectivity index (χ1) is 14.2. The predicted octanol–water partition coefficient (Wildman–Crippen LogP) is 4.44. The smallest absolute Gasteiger partial charge is 0.337 e. The van der Waals surface area contributed by atoms with Crippen LogP contribution in [-0.4, -0.2) is 26.5 Å². The lowest BCUT2D eigenvalue weighted by Gasteiger charge is -2.22. The minimum atomic E-state index is -3.84. The molecule has 0 fully saturated rings. The van der Waals surface area contributed by atoms with Gasteiger partial charge in [-0.15, -0.1) is 0 Å². The Morgan fingerprint density at radius 2 is 1.70 bits per heavy atom. The van der Waals surface area contributed by atoms with E-state index in [1.807, 2.05) is 42.2 Å². The zero-order valence-electron chi connectivity index (χ0n) is 17.1. The average molecular weight is 425 g/mol. The van der Waals surface area contributed by atoms with Crippen LogP contribution in [0.3, 0.4) is 0 Å². The van der Waals surface area contributed by atoms with Gasteiger partial charge in [-0.2, -0.15) is 0 Å². The van der Waals surface area contributed by atoms with Gasteiger partial charge in [0.2, 0.25) is 0 Å². The van der Waals surface area contributed by atoms with Crippen LogP contribution in [0.5, 0.6) is 0 Å². The van der Waals surface area contributed by atoms with Crippen molar-refractivity contribution < 1.29 is 18.3 Å². The molecule has 2 N–H and O–H groups in total. The number of nitrogens with zero attached hydrogens (tertiary/aromatic N) is 1. The van der Waals surface area contributed by atoms with Crippen LogP contribution in [0.1, 0.15) is 27.0 Å². The molecule has 0 aliphatic rings. The van der Waals surface area contributed by atoms with Gasteiger partial charge in [0.25, 0.3) is 10.0 Å². The van der Waals surface area contributed by atoms with E-state index in [2.05, 4.69) is 4.72 Å². The number of carbonyl (C=O) groups is 1. The molecule has 0 aromatic heterocycles. The van der Waals surface area contributed by atoms with Crippen molar-refractivity contribution >= 4 is 27.4 Å². The quantitative estimate of drug-likeness (QED) is 0.586. The summed E-state index contributed by atoms with van der Waals surface area (Å²) in [6.45, 7) is 4.14. The number of nitrogens with one attached hydrogen (secondary N) is 1. The fourth-order valence-corrected chi connectivity index (χ4v) is 4.63. The summed E-state index contributed by atoms with van der Waals surface area (Å²) >= 11 is 0. The molecule has 0 unspecified atom stereocenters. The Balaban J connectivity index is 1.90. The Hall–Kier alpha value is -3.32. The van der Waals surface area contributed by atoms with Gasteiger partial charge in [0.15, 0.2) is 0 Å². The highest BCUT2D eigenvalue weighted by Gasteiger charge is 2.20. The number of hydrogen-bond donors (Lipinski definition) is 2. The first-order valence-electron chi connectivity index (χ1n) is 9.40. The normalized spacial score (nSPS) is 11.2. The van der Waals surface area contributed by atoms with Gasteiger partial charge in [0.1, 0.15) is 0 Å². The number of benzene rings is 3. The van der Waals surface area contributed by atoms with Crippen LogP contribution in [0.4, 0.5) is 11.4 Å². The lowest BCUT2D eigenvalue weighted by molar-refractivity contribution is 0.0697. The highest BCUT2D eigenvalue weighted by Crippen LogP contribution is 2.27. The van der Waals surface area contributed by atoms with E-state index in [0.717, 1.165) is 11.1 Å². The summed E-state index contributed by atoms with van der Waals surface area (Å²) < 4.78 is 28.1. The maximum absolute atomic E-state index is 12.8. The minimum Gasteiger partial charge on any atom is -0.478 e. The lowest BCUT2D eigenvalue weighted by atomic mass is 10.1. The number of carboxylic acid groups (broad SMARTS) is 1. The number of sulfonamides is 1. The van der Waals surface area contributed by atoms with Gasteiger partial charge in [-0.3, -0.25) is 4.72 Å². The molecule has 0 bridgehead atoms. The van der Waals surface area contributed by atoms with Gasteiger partial charge < -0.3 is 10.0 Å². The van der Waals surface area contributed by atoms with Gasteiger partial charge in [0, 0.05) is 19.3 Å². The second-order valence-electron chi connectivity index (χ2n) is 7.25. The molecule has 0 heterocycles. The van der Waals surface area contributed by atoms with E-state index >= 15 is 0 Å². The third kappa shape index (κ3) is 4.80. The van der Waals surface area contributed by atoms with E-state index in [0.29, 0.717) is 17.8 Å². The van der Waals surface area contributed by atoms with Gasteiger partial charge in [-0.25, -0.2) is 13.2 Å². The van der Waals surface area contributed by atoms with Crippen LogP contribution in [0.25, 0.3) is 0 Å². The largest absolute Gasteiger partial charge is 0.478 e. The first kappa shape index (κ1) is 21.4. The summed E-state index contributed by atoms with van der Waals surface area (Å²) in [7, 11) is -2.04. The highest BCUT2D eigenvalue weighted by molar-refractivity contribution is 7.92. The first-order valence-corrected chi connectivity index (χ1v) is 10.9. The van der Waals surface area contributed by atoms with Crippen molar-refractivity contribution in [2.24, 2.45) is 0 Å². The molecule has 0 aliphatic heterocycles. The molecular formula is C23H24N2O4S. The number of carboxylic acids is 1. The van der Waals surface area contributed by atoms with Crippen molar-refractivity contribution in [2.75, 3.05) is 16.7 Å². The Morgan fingerprint density at radius 3 is 2.33 bits per heavy atom. The third-order valence-electron chi connectivity index (χ3n) is 4.77. The number of rotatable bonds is 7. The van der Waals surface area contributed by atoms with E-state index in [4.69, 9.17) is 0 Å². The van der Waals surface area contributed by atoms with Crippen molar-refractivity contribution in [1.29, 1.82) is 0 Å². The van der Waals surface area contributed by atoms with E-state index < -0.39 is 16.0 Å². The molecule has 3 aromatic rings. The van der Waals surface area contributed by atoms with Crippen molar-refractivity contribution in [3.8, 4) is 0 Å². The highest BCUT2D eigenvalue weighted by atomic mass is 32.2. The van der Waals surface area contributed by atoms with E-state index in [1.165, 1.54) is 6.07 Å². The lowest BCUT2D eigenvalue weighted by Crippen LogP contribution is -2.20. The van der Waals surface area contributed by atoms with Crippen LogP contribution >= 0.6 is 0 Å². The maximum atomic E-state index is 12.8. The van der Waals surface area contributed by atoms with E-state index in [1.54, 1.807) is 44.3 Å². The second-order valence-corrected chi connectivity index (χ2v) is 8.90. The van der Waals surface area contributed by atoms with Crippen molar-refractivity contribution in [1.82, 2.24) is 0 Å². The molecular weight excluding hydrogens is 400 g/mol. The third-order valence-corrected chi connectivity index (χ3v) is 6.31. The van der Waals surface area contributed by atoms with Crippen molar-refractivity contribution in [2.45, 2.75) is 25.3 Å². The number of aryl methyl sites for hydroxylation is 2. The van der Waals surface area contributed by atoms with Crippen molar-refractivity contribution in [3.63, 3.8) is 0 Å². The summed E-state index contributed by atoms with van der Waals surface area (Å²) in [4.78, 5) is 13.8. The molecule has 156 valence electrons. The molecule has 0 spiro atoms. The van der Waals surface area contributed by atoms with Crippen LogP contribution in [0.15, 0.2) is 71.6 Å². The number of anilines is 2. The van der Waals surface area contributed by atoms with Gasteiger partial charge >= 0.3 is 5.97 Å². The van der Waals surface area contributed by atoms with Crippen LogP contribution in [0.2, 0.25) is 0 Å². The monoisotopic (exact) mass is 424 g/mol. The molecule has 7 heteroatoms. The molecule has 3 rings (SSSR count). The fraction of sp³-hybridized carbons (Fsp3) is 0.174. The Morgan fingerprint density at radius 1 is 1.00 bits per heavy atom. The standard InChI is InChI=1S/C23H24N2O4S/c1-16-9-12-22(17(2)13-16)30(28,29)24-19-10-11-21(20(14-19)23(26)27)25(3)15-18-7-5-4-6-8-18/h4-14,24H,15H2,1-3H3,(H,26,27). The van der Waals surface area contributed by atoms with Crippen LogP contribution in [0, 0.1) is 13.8 Å². The maximum Gasteiger partial charge on any atom is 0.337 e. The summed E-state index contributed by atoms with van der Waals surface area (Å²) in [6, 6.07) is 19.3. The zero-order valence-corrected chi connectivity index (χ0v) is 17.9. The van der Waals surface area contributed by atoms with Crippen LogP contribution < -0.4 is 9.62 Å². The molecule has 0 aliphatic carbocycles. The van der Waals surface area contributed by atoms with Gasteiger partial charge in [-0.05, 0) is 49.2 Å². The van der Waals surface area contributed by atoms with Crippen LogP contribution in [-0.2, 0) is 16.6 Å². The summed E-state index contributed by atoms with van der Waals surface area (Å²) in [5, 5.41) is 9.69. The Labute approximate surface area is 176 Å². The molecule has 0 atom stereocenters. The second kappa shape index (κ2) is 8.59. The molecule has 0 saturated heterocycles.